The summed E-state index contributed by atoms with van der Waals surface area (Å²) < 4.78 is 11.0. The van der Waals surface area contributed by atoms with Crippen LogP contribution in [-0.2, 0) is 16.0 Å². The molecule has 0 radical (unpaired) electrons. The van der Waals surface area contributed by atoms with E-state index < -0.39 is 23.8 Å². The molecular weight excluding hydrogens is 474 g/mol. The first kappa shape index (κ1) is 27.6. The van der Waals surface area contributed by atoms with Crippen LogP contribution in [0.2, 0.25) is 0 Å². The van der Waals surface area contributed by atoms with Crippen LogP contribution in [0.15, 0.2) is 42.5 Å². The van der Waals surface area contributed by atoms with Gasteiger partial charge in [-0.3, -0.25) is 14.4 Å². The van der Waals surface area contributed by atoms with Crippen LogP contribution in [-0.4, -0.2) is 54.7 Å². The zero-order chi connectivity index (χ0) is 26.8. The molecule has 3 rings (SSSR count). The van der Waals surface area contributed by atoms with E-state index in [0.717, 1.165) is 59.2 Å². The van der Waals surface area contributed by atoms with Crippen molar-refractivity contribution in [2.24, 2.45) is 0 Å². The van der Waals surface area contributed by atoms with Gasteiger partial charge in [-0.15, -0.1) is 0 Å². The van der Waals surface area contributed by atoms with Crippen molar-refractivity contribution in [2.45, 2.75) is 51.5 Å². The Morgan fingerprint density at radius 2 is 1.70 bits per heavy atom. The maximum absolute atomic E-state index is 12.8. The number of nitrogens with one attached hydrogen (secondary N) is 3. The van der Waals surface area contributed by atoms with Crippen LogP contribution in [0.1, 0.15) is 53.7 Å². The monoisotopic (exact) mass is 509 g/mol. The van der Waals surface area contributed by atoms with Crippen LogP contribution in [0.4, 0.5) is 0 Å². The van der Waals surface area contributed by atoms with Crippen molar-refractivity contribution < 1.29 is 29.0 Å². The molecule has 0 saturated heterocycles. The lowest BCUT2D eigenvalue weighted by molar-refractivity contribution is -0.137. The highest BCUT2D eigenvalue weighted by Crippen LogP contribution is 2.31. The number of rotatable bonds is 14. The van der Waals surface area contributed by atoms with Gasteiger partial charge in [0, 0.05) is 29.4 Å². The highest BCUT2D eigenvalue weighted by atomic mass is 16.5. The number of hydrogen-bond donors (Lipinski definition) is 4. The number of aromatic nitrogens is 1. The number of carboxylic acid groups (broad SMARTS) is 1. The second-order valence-electron chi connectivity index (χ2n) is 8.98. The Balaban J connectivity index is 1.50. The molecule has 0 aliphatic rings. The van der Waals surface area contributed by atoms with Crippen molar-refractivity contribution in [3.05, 3.63) is 59.3 Å². The average Bonchev–Trinajstić information content (AvgIpc) is 3.33. The minimum absolute atomic E-state index is 0.000147. The second kappa shape index (κ2) is 13.3. The van der Waals surface area contributed by atoms with Gasteiger partial charge < -0.3 is 30.2 Å². The van der Waals surface area contributed by atoms with E-state index in [9.17, 15) is 14.4 Å². The maximum Gasteiger partial charge on any atom is 0.303 e. The Morgan fingerprint density at radius 3 is 2.35 bits per heavy atom. The molecule has 37 heavy (non-hydrogen) atoms. The zero-order valence-electron chi connectivity index (χ0n) is 21.6. The van der Waals surface area contributed by atoms with E-state index in [2.05, 4.69) is 15.6 Å². The van der Waals surface area contributed by atoms with E-state index in [4.69, 9.17) is 14.6 Å². The Labute approximate surface area is 216 Å². The molecule has 0 saturated carbocycles. The van der Waals surface area contributed by atoms with E-state index in [1.165, 1.54) is 0 Å². The number of aliphatic carboxylic acids is 1. The highest BCUT2D eigenvalue weighted by Gasteiger charge is 2.23. The third kappa shape index (κ3) is 7.73. The maximum atomic E-state index is 12.8. The van der Waals surface area contributed by atoms with Gasteiger partial charge in [0.25, 0.3) is 5.91 Å². The first-order valence-corrected chi connectivity index (χ1v) is 12.4. The van der Waals surface area contributed by atoms with E-state index >= 15 is 0 Å². The van der Waals surface area contributed by atoms with Crippen LogP contribution in [0, 0.1) is 6.92 Å². The number of carboxylic acids is 1. The molecule has 0 aliphatic carbocycles. The highest BCUT2D eigenvalue weighted by molar-refractivity contribution is 6.00. The van der Waals surface area contributed by atoms with Gasteiger partial charge >= 0.3 is 5.97 Å². The first-order chi connectivity index (χ1) is 17.8. The molecule has 198 valence electrons. The summed E-state index contributed by atoms with van der Waals surface area (Å²) >= 11 is 0. The number of ether oxygens (including phenoxy) is 2. The number of aromatic amines is 1. The molecule has 4 N–H and O–H groups in total. The number of fused-ring (bicyclic) bond motifs is 1. The minimum Gasteiger partial charge on any atom is -0.496 e. The van der Waals surface area contributed by atoms with Gasteiger partial charge in [0.15, 0.2) is 0 Å². The van der Waals surface area contributed by atoms with Crippen LogP contribution in [0.5, 0.6) is 11.5 Å². The van der Waals surface area contributed by atoms with Crippen molar-refractivity contribution in [3.8, 4) is 11.5 Å². The van der Waals surface area contributed by atoms with Crippen molar-refractivity contribution >= 4 is 28.7 Å². The number of unbranched alkanes of at least 4 members (excludes halogenated alkanes) is 2. The van der Waals surface area contributed by atoms with Crippen LogP contribution in [0.25, 0.3) is 10.9 Å². The molecule has 0 unspecified atom stereocenters. The summed E-state index contributed by atoms with van der Waals surface area (Å²) in [6.45, 7) is 2.41. The number of aryl methyl sites for hydroxylation is 1. The zero-order valence-corrected chi connectivity index (χ0v) is 21.6. The quantitative estimate of drug-likeness (QED) is 0.243. The molecule has 3 aromatic rings. The van der Waals surface area contributed by atoms with Gasteiger partial charge in [0.2, 0.25) is 5.91 Å². The molecule has 9 heteroatoms. The number of carbonyl (C=O) groups is 3. The number of para-hydroxylation sites is 1. The first-order valence-electron chi connectivity index (χ1n) is 12.4. The summed E-state index contributed by atoms with van der Waals surface area (Å²) in [6.07, 6.45) is 3.03. The molecule has 1 aromatic heterocycles. The fourth-order valence-electron chi connectivity index (χ4n) is 4.27. The Morgan fingerprint density at radius 1 is 1.00 bits per heavy atom. The Kier molecular flexibility index (Phi) is 9.94. The molecule has 2 aromatic carbocycles. The van der Waals surface area contributed by atoms with Crippen molar-refractivity contribution in [2.75, 3.05) is 20.8 Å². The lowest BCUT2D eigenvalue weighted by Gasteiger charge is -2.17. The topological polar surface area (TPSA) is 130 Å². The molecule has 2 amide bonds. The molecule has 1 heterocycles. The standard InChI is InChI=1S/C28H35N3O6/c1-18-15-24(36-2)20(25(16-18)37-3)10-5-4-8-14-29-27(34)22(12-13-26(32)33)31-28(35)23-17-19-9-6-7-11-21(19)30-23/h6-7,9,11,15-17,22,30H,4-5,8,10,12-14H2,1-3H3,(H,29,34)(H,31,35)(H,32,33)/t22-/m1/s1. The Bertz CT molecular complexity index is 1180. The van der Waals surface area contributed by atoms with Crippen LogP contribution in [0.3, 0.4) is 0 Å². The number of amides is 2. The largest absolute Gasteiger partial charge is 0.496 e. The van der Waals surface area contributed by atoms with Gasteiger partial charge in [-0.1, -0.05) is 24.6 Å². The molecule has 0 spiro atoms. The Hall–Kier alpha value is -4.01. The second-order valence-corrected chi connectivity index (χ2v) is 8.98. The van der Waals surface area contributed by atoms with Gasteiger partial charge in [0.1, 0.15) is 23.2 Å². The number of hydrogen-bond acceptors (Lipinski definition) is 5. The fourth-order valence-corrected chi connectivity index (χ4v) is 4.27. The van der Waals surface area contributed by atoms with Gasteiger partial charge in [-0.05, 0) is 62.4 Å². The molecule has 9 nitrogen and oxygen atoms in total. The van der Waals surface area contributed by atoms with E-state index in [1.807, 2.05) is 43.3 Å². The number of H-pyrrole nitrogens is 1. The van der Waals surface area contributed by atoms with Crippen LogP contribution < -0.4 is 20.1 Å². The molecule has 0 bridgehead atoms. The van der Waals surface area contributed by atoms with Gasteiger partial charge in [-0.25, -0.2) is 0 Å². The number of carbonyl (C=O) groups excluding carboxylic acids is 2. The fraction of sp³-hybridized carbons (Fsp3) is 0.393. The predicted octanol–water partition coefficient (Wildman–Crippen LogP) is 3.99. The van der Waals surface area contributed by atoms with Crippen molar-refractivity contribution in [1.29, 1.82) is 0 Å². The third-order valence-corrected chi connectivity index (χ3v) is 6.20. The summed E-state index contributed by atoms with van der Waals surface area (Å²) in [4.78, 5) is 39.7. The summed E-state index contributed by atoms with van der Waals surface area (Å²) in [6, 6.07) is 12.2. The molecular formula is C28H35N3O6. The number of methoxy groups -OCH3 is 2. The van der Waals surface area contributed by atoms with Crippen molar-refractivity contribution in [3.63, 3.8) is 0 Å². The molecule has 1 atom stereocenters. The molecule has 0 fully saturated rings. The summed E-state index contributed by atoms with van der Waals surface area (Å²) in [5.41, 5.74) is 3.21. The van der Waals surface area contributed by atoms with E-state index in [1.54, 1.807) is 20.3 Å². The average molecular weight is 510 g/mol. The number of benzene rings is 2. The molecule has 0 aliphatic heterocycles. The van der Waals surface area contributed by atoms with Gasteiger partial charge in [0.05, 0.1) is 14.2 Å². The third-order valence-electron chi connectivity index (χ3n) is 6.20. The van der Waals surface area contributed by atoms with Crippen molar-refractivity contribution in [1.82, 2.24) is 15.6 Å². The summed E-state index contributed by atoms with van der Waals surface area (Å²) in [7, 11) is 3.29. The smallest absolute Gasteiger partial charge is 0.303 e. The normalized spacial score (nSPS) is 11.6. The van der Waals surface area contributed by atoms with Gasteiger partial charge in [-0.2, -0.15) is 0 Å². The lowest BCUT2D eigenvalue weighted by Crippen LogP contribution is -2.47. The summed E-state index contributed by atoms with van der Waals surface area (Å²) in [5.74, 6) is -0.274. The van der Waals surface area contributed by atoms with E-state index in [-0.39, 0.29) is 12.8 Å². The SMILES string of the molecule is COc1cc(C)cc(OC)c1CCCCCNC(=O)[C@@H](CCC(=O)O)NC(=O)c1cc2ccccc2[nH]1. The minimum atomic E-state index is -1.03. The predicted molar refractivity (Wildman–Crippen MR) is 141 cm³/mol. The lowest BCUT2D eigenvalue weighted by atomic mass is 10.0. The van der Waals surface area contributed by atoms with Crippen LogP contribution >= 0.6 is 0 Å². The summed E-state index contributed by atoms with van der Waals surface area (Å²) in [5, 5.41) is 15.5. The van der Waals surface area contributed by atoms with E-state index in [0.29, 0.717) is 12.2 Å².